The van der Waals surface area contributed by atoms with Gasteiger partial charge >= 0.3 is 0 Å². The first-order valence-corrected chi connectivity index (χ1v) is 19.4. The molecule has 9 heteroatoms. The third-order valence-corrected chi connectivity index (χ3v) is 9.73. The molecule has 1 unspecified atom stereocenters. The van der Waals surface area contributed by atoms with E-state index in [1.807, 2.05) is 17.9 Å². The molecule has 2 aromatic carbocycles. The minimum atomic E-state index is -4.27. The van der Waals surface area contributed by atoms with E-state index in [0.29, 0.717) is 26.1 Å². The van der Waals surface area contributed by atoms with Crippen LogP contribution in [0.15, 0.2) is 59.5 Å². The number of rotatable bonds is 22. The van der Waals surface area contributed by atoms with E-state index in [9.17, 15) is 22.6 Å². The quantitative estimate of drug-likeness (QED) is 0.0784. The second-order valence-electron chi connectivity index (χ2n) is 13.5. The second-order valence-corrected chi connectivity index (χ2v) is 14.9. The average molecular weight is 672 g/mol. The number of carbonyl (C=O) groups excluding carboxylic acids is 2. The summed E-state index contributed by atoms with van der Waals surface area (Å²) < 4.78 is 31.9. The van der Waals surface area contributed by atoms with E-state index >= 15 is 0 Å². The van der Waals surface area contributed by atoms with Gasteiger partial charge in [0.05, 0.1) is 25.0 Å². The zero-order valence-electron chi connectivity index (χ0n) is 29.4. The number of hydrogen-bond acceptors (Lipinski definition) is 5. The molecule has 2 amide bonds. The molecule has 1 saturated heterocycles. The van der Waals surface area contributed by atoms with Gasteiger partial charge in [0.1, 0.15) is 16.7 Å². The SMILES string of the molecule is CCCCCCCCCCCCCCCC(=O)NCC[N+](C)(Cc1ccccc1)CN1CCCC1=O.Cc1ccc(S(=O)(=O)[O-])cc1. The molecular weight excluding hydrogens is 611 g/mol. The van der Waals surface area contributed by atoms with Gasteiger partial charge in [-0.05, 0) is 31.9 Å². The Labute approximate surface area is 285 Å². The molecule has 0 radical (unpaired) electrons. The summed E-state index contributed by atoms with van der Waals surface area (Å²) in [6.07, 6.45) is 19.4. The maximum absolute atomic E-state index is 12.4. The van der Waals surface area contributed by atoms with Crippen molar-refractivity contribution in [1.82, 2.24) is 10.2 Å². The fourth-order valence-corrected chi connectivity index (χ4v) is 6.52. The number of aryl methyl sites for hydroxylation is 1. The summed E-state index contributed by atoms with van der Waals surface area (Å²) in [5, 5.41) is 3.15. The Morgan fingerprint density at radius 2 is 1.40 bits per heavy atom. The van der Waals surface area contributed by atoms with Crippen molar-refractivity contribution in [3.8, 4) is 0 Å². The predicted octanol–water partition coefficient (Wildman–Crippen LogP) is 7.71. The van der Waals surface area contributed by atoms with Gasteiger partial charge in [-0.3, -0.25) is 14.5 Å². The van der Waals surface area contributed by atoms with Crippen molar-refractivity contribution in [2.75, 3.05) is 33.4 Å². The number of amides is 2. The summed E-state index contributed by atoms with van der Waals surface area (Å²) in [6, 6.07) is 16.3. The van der Waals surface area contributed by atoms with Crippen molar-refractivity contribution in [3.05, 3.63) is 65.7 Å². The number of hydrogen-bond donors (Lipinski definition) is 1. The van der Waals surface area contributed by atoms with Crippen LogP contribution >= 0.6 is 0 Å². The van der Waals surface area contributed by atoms with Gasteiger partial charge in [0.15, 0.2) is 6.67 Å². The average Bonchev–Trinajstić information content (AvgIpc) is 3.43. The molecule has 0 spiro atoms. The van der Waals surface area contributed by atoms with Crippen molar-refractivity contribution < 1.29 is 27.0 Å². The zero-order valence-corrected chi connectivity index (χ0v) is 30.2. The van der Waals surface area contributed by atoms with Crippen LogP contribution in [0, 0.1) is 6.92 Å². The van der Waals surface area contributed by atoms with Gasteiger partial charge in [-0.1, -0.05) is 132 Å². The molecule has 1 aliphatic rings. The lowest BCUT2D eigenvalue weighted by atomic mass is 10.0. The van der Waals surface area contributed by atoms with Crippen LogP contribution in [-0.4, -0.2) is 67.5 Å². The molecular formula is C38H61N3O5S. The van der Waals surface area contributed by atoms with Crippen molar-refractivity contribution in [3.63, 3.8) is 0 Å². The van der Waals surface area contributed by atoms with E-state index in [1.54, 1.807) is 12.1 Å². The molecule has 1 fully saturated rings. The molecule has 1 heterocycles. The highest BCUT2D eigenvalue weighted by molar-refractivity contribution is 7.85. The van der Waals surface area contributed by atoms with Gasteiger partial charge in [-0.25, -0.2) is 8.42 Å². The Kier molecular flexibility index (Phi) is 19.6. The molecule has 1 N–H and O–H groups in total. The van der Waals surface area contributed by atoms with Gasteiger partial charge in [-0.2, -0.15) is 0 Å². The minimum Gasteiger partial charge on any atom is -0.744 e. The molecule has 0 aromatic heterocycles. The summed E-state index contributed by atoms with van der Waals surface area (Å²) in [4.78, 5) is 26.5. The normalized spacial score (nSPS) is 14.4. The molecule has 8 nitrogen and oxygen atoms in total. The number of benzene rings is 2. The lowest BCUT2D eigenvalue weighted by Crippen LogP contribution is -2.54. The maximum Gasteiger partial charge on any atom is 0.226 e. The summed E-state index contributed by atoms with van der Waals surface area (Å²) in [7, 11) is -2.06. The highest BCUT2D eigenvalue weighted by atomic mass is 32.2. The molecule has 3 rings (SSSR count). The maximum atomic E-state index is 12.4. The lowest BCUT2D eigenvalue weighted by Gasteiger charge is -2.37. The molecule has 0 bridgehead atoms. The van der Waals surface area contributed by atoms with Gasteiger partial charge in [0.25, 0.3) is 0 Å². The standard InChI is InChI=1S/C31H53N3O2.C7H8O3S/c1-3-4-5-6-7-8-9-10-11-12-13-14-18-22-30(35)32-24-26-34(2,27-29-20-16-15-17-21-29)28-33-25-19-23-31(33)36;1-6-2-4-7(5-3-6)11(8,9)10/h15-17,20-21H,3-14,18-19,22-28H2,1-2H3;2-5H,1H3,(H,8,9,10). The highest BCUT2D eigenvalue weighted by Gasteiger charge is 2.30. The monoisotopic (exact) mass is 671 g/mol. The van der Waals surface area contributed by atoms with Gasteiger partial charge < -0.3 is 14.4 Å². The largest absolute Gasteiger partial charge is 0.744 e. The van der Waals surface area contributed by atoms with Gasteiger partial charge in [0.2, 0.25) is 11.8 Å². The Morgan fingerprint density at radius 1 is 0.851 bits per heavy atom. The van der Waals surface area contributed by atoms with Crippen molar-refractivity contribution in [2.24, 2.45) is 0 Å². The number of unbranched alkanes of at least 4 members (excludes halogenated alkanes) is 12. The molecule has 264 valence electrons. The van der Waals surface area contributed by atoms with Gasteiger partial charge in [0, 0.05) is 24.9 Å². The third-order valence-electron chi connectivity index (χ3n) is 8.88. The molecule has 2 aromatic rings. The zero-order chi connectivity index (χ0) is 34.4. The minimum absolute atomic E-state index is 0.168. The van der Waals surface area contributed by atoms with Crippen molar-refractivity contribution in [1.29, 1.82) is 0 Å². The van der Waals surface area contributed by atoms with E-state index in [-0.39, 0.29) is 16.7 Å². The predicted molar refractivity (Wildman–Crippen MR) is 189 cm³/mol. The fourth-order valence-electron chi connectivity index (χ4n) is 6.05. The lowest BCUT2D eigenvalue weighted by molar-refractivity contribution is -0.929. The van der Waals surface area contributed by atoms with Crippen LogP contribution in [0.1, 0.15) is 121 Å². The number of carbonyl (C=O) groups is 2. The van der Waals surface area contributed by atoms with E-state index in [4.69, 9.17) is 0 Å². The molecule has 1 aliphatic heterocycles. The van der Waals surface area contributed by atoms with Crippen LogP contribution in [0.25, 0.3) is 0 Å². The highest BCUT2D eigenvalue weighted by Crippen LogP contribution is 2.18. The first-order valence-electron chi connectivity index (χ1n) is 18.0. The van der Waals surface area contributed by atoms with Crippen LogP contribution in [0.3, 0.4) is 0 Å². The topological polar surface area (TPSA) is 107 Å². The summed E-state index contributed by atoms with van der Waals surface area (Å²) in [5.41, 5.74) is 2.20. The summed E-state index contributed by atoms with van der Waals surface area (Å²) in [6.45, 7) is 8.00. The van der Waals surface area contributed by atoms with Crippen LogP contribution < -0.4 is 5.32 Å². The van der Waals surface area contributed by atoms with Gasteiger partial charge in [-0.15, -0.1) is 0 Å². The number of nitrogens with zero attached hydrogens (tertiary/aromatic N) is 2. The van der Waals surface area contributed by atoms with E-state index in [1.165, 1.54) is 88.3 Å². The van der Waals surface area contributed by atoms with Crippen molar-refractivity contribution in [2.45, 2.75) is 128 Å². The Balaban J connectivity index is 0.000000587. The van der Waals surface area contributed by atoms with Crippen molar-refractivity contribution >= 4 is 21.9 Å². The first kappa shape index (κ1) is 40.4. The summed E-state index contributed by atoms with van der Waals surface area (Å²) >= 11 is 0. The number of nitrogens with one attached hydrogen (secondary N) is 1. The van der Waals surface area contributed by atoms with Crippen LogP contribution in [0.2, 0.25) is 0 Å². The molecule has 0 aliphatic carbocycles. The van der Waals surface area contributed by atoms with Crippen LogP contribution in [-0.2, 0) is 26.3 Å². The number of likely N-dealkylation sites (tertiary alicyclic amines) is 1. The Bertz CT molecular complexity index is 1250. The first-order chi connectivity index (χ1) is 22.5. The second kappa shape index (κ2) is 22.8. The smallest absolute Gasteiger partial charge is 0.226 e. The van der Waals surface area contributed by atoms with Crippen LogP contribution in [0.5, 0.6) is 0 Å². The number of quaternary nitrogens is 1. The van der Waals surface area contributed by atoms with Crippen LogP contribution in [0.4, 0.5) is 0 Å². The number of likely N-dealkylation sites (N-methyl/N-ethyl adjacent to an activating group) is 1. The molecule has 0 saturated carbocycles. The van der Waals surface area contributed by atoms with E-state index in [0.717, 1.165) is 48.9 Å². The summed E-state index contributed by atoms with van der Waals surface area (Å²) in [5.74, 6) is 0.431. The Hall–Kier alpha value is -2.75. The molecule has 1 atom stereocenters. The van der Waals surface area contributed by atoms with E-state index in [2.05, 4.69) is 43.6 Å². The third kappa shape index (κ3) is 18.4. The molecule has 47 heavy (non-hydrogen) atoms. The van der Waals surface area contributed by atoms with E-state index < -0.39 is 10.1 Å². The Morgan fingerprint density at radius 3 is 1.91 bits per heavy atom. The fraction of sp³-hybridized carbons (Fsp3) is 0.632.